The third-order valence-electron chi connectivity index (χ3n) is 4.03. The normalized spacial score (nSPS) is 19.6. The van der Waals surface area contributed by atoms with Crippen molar-refractivity contribution in [1.29, 1.82) is 0 Å². The molecular weight excluding hydrogens is 266 g/mol. The van der Waals surface area contributed by atoms with E-state index in [4.69, 9.17) is 4.98 Å². The molecule has 1 unspecified atom stereocenters. The van der Waals surface area contributed by atoms with Crippen LogP contribution in [0.3, 0.4) is 0 Å². The van der Waals surface area contributed by atoms with E-state index in [9.17, 15) is 0 Å². The maximum absolute atomic E-state index is 4.97. The Morgan fingerprint density at radius 3 is 2.70 bits per heavy atom. The Morgan fingerprint density at radius 2 is 2.10 bits per heavy atom. The van der Waals surface area contributed by atoms with E-state index in [1.807, 2.05) is 11.3 Å². The number of rotatable bonds is 6. The fraction of sp³-hybridized carbons (Fsp3) is 0.812. The van der Waals surface area contributed by atoms with E-state index in [0.717, 1.165) is 6.54 Å². The second-order valence-corrected chi connectivity index (χ2v) is 7.45. The van der Waals surface area contributed by atoms with Crippen LogP contribution in [0.5, 0.6) is 0 Å². The largest absolute Gasteiger partial charge is 0.345 e. The zero-order valence-electron chi connectivity index (χ0n) is 13.6. The highest BCUT2D eigenvalue weighted by molar-refractivity contribution is 7.15. The van der Waals surface area contributed by atoms with Gasteiger partial charge in [-0.05, 0) is 25.2 Å². The molecule has 1 atom stereocenters. The van der Waals surface area contributed by atoms with Crippen LogP contribution in [-0.4, -0.2) is 23.6 Å². The summed E-state index contributed by atoms with van der Waals surface area (Å²) < 4.78 is 0. The van der Waals surface area contributed by atoms with Gasteiger partial charge in [-0.1, -0.05) is 34.6 Å². The fourth-order valence-corrected chi connectivity index (χ4v) is 4.12. The first kappa shape index (κ1) is 15.8. The molecule has 1 saturated heterocycles. The van der Waals surface area contributed by atoms with E-state index in [1.54, 1.807) is 0 Å². The molecule has 0 aliphatic carbocycles. The Morgan fingerprint density at radius 1 is 1.35 bits per heavy atom. The van der Waals surface area contributed by atoms with Gasteiger partial charge in [-0.25, -0.2) is 4.98 Å². The maximum atomic E-state index is 4.97. The molecule has 2 rings (SSSR count). The molecule has 1 fully saturated rings. The van der Waals surface area contributed by atoms with Gasteiger partial charge < -0.3 is 10.2 Å². The monoisotopic (exact) mass is 295 g/mol. The van der Waals surface area contributed by atoms with Crippen molar-refractivity contribution in [2.45, 2.75) is 78.4 Å². The van der Waals surface area contributed by atoms with E-state index < -0.39 is 0 Å². The van der Waals surface area contributed by atoms with Crippen LogP contribution in [0.1, 0.15) is 70.4 Å². The van der Waals surface area contributed by atoms with Gasteiger partial charge in [0, 0.05) is 30.1 Å². The van der Waals surface area contributed by atoms with Crippen LogP contribution in [0.2, 0.25) is 0 Å². The third-order valence-corrected chi connectivity index (χ3v) is 5.14. The Labute approximate surface area is 127 Å². The molecule has 1 aromatic rings. The van der Waals surface area contributed by atoms with Crippen LogP contribution < -0.4 is 10.2 Å². The van der Waals surface area contributed by atoms with Crippen LogP contribution in [0.15, 0.2) is 0 Å². The molecule has 3 nitrogen and oxygen atoms in total. The van der Waals surface area contributed by atoms with Crippen molar-refractivity contribution < 1.29 is 0 Å². The lowest BCUT2D eigenvalue weighted by Crippen LogP contribution is -2.28. The third kappa shape index (κ3) is 3.53. The summed E-state index contributed by atoms with van der Waals surface area (Å²) in [6, 6.07) is 1.22. The predicted molar refractivity (Wildman–Crippen MR) is 88.8 cm³/mol. The number of anilines is 1. The summed E-state index contributed by atoms with van der Waals surface area (Å²) in [6.07, 6.45) is 3.87. The first-order valence-electron chi connectivity index (χ1n) is 8.02. The molecule has 20 heavy (non-hydrogen) atoms. The van der Waals surface area contributed by atoms with Gasteiger partial charge in [-0.3, -0.25) is 0 Å². The number of nitrogens with zero attached hydrogens (tertiary/aromatic N) is 2. The molecule has 0 aromatic carbocycles. The van der Waals surface area contributed by atoms with Gasteiger partial charge in [0.1, 0.15) is 0 Å². The van der Waals surface area contributed by atoms with Crippen LogP contribution in [0.4, 0.5) is 5.13 Å². The zero-order valence-corrected chi connectivity index (χ0v) is 14.4. The highest BCUT2D eigenvalue weighted by Crippen LogP contribution is 2.35. The van der Waals surface area contributed by atoms with Gasteiger partial charge in [0.05, 0.1) is 5.69 Å². The molecule has 0 amide bonds. The van der Waals surface area contributed by atoms with Gasteiger partial charge in [0.2, 0.25) is 0 Å². The minimum absolute atomic E-state index is 0.506. The average Bonchev–Trinajstić information content (AvgIpc) is 3.01. The van der Waals surface area contributed by atoms with Gasteiger partial charge in [-0.2, -0.15) is 0 Å². The summed E-state index contributed by atoms with van der Waals surface area (Å²) in [4.78, 5) is 8.93. The molecule has 0 spiro atoms. The van der Waals surface area contributed by atoms with E-state index in [-0.39, 0.29) is 0 Å². The van der Waals surface area contributed by atoms with Crippen molar-refractivity contribution in [1.82, 2.24) is 10.3 Å². The lowest BCUT2D eigenvalue weighted by atomic mass is 10.1. The second kappa shape index (κ2) is 6.90. The summed E-state index contributed by atoms with van der Waals surface area (Å²) in [7, 11) is 0. The van der Waals surface area contributed by atoms with E-state index in [0.29, 0.717) is 18.0 Å². The van der Waals surface area contributed by atoms with Crippen LogP contribution in [-0.2, 0) is 6.54 Å². The quantitative estimate of drug-likeness (QED) is 0.855. The van der Waals surface area contributed by atoms with E-state index >= 15 is 0 Å². The van der Waals surface area contributed by atoms with Crippen molar-refractivity contribution in [2.24, 2.45) is 0 Å². The molecule has 1 aliphatic heterocycles. The number of nitrogens with one attached hydrogen (secondary N) is 1. The Balaban J connectivity index is 2.20. The molecule has 0 radical (unpaired) electrons. The second-order valence-electron chi connectivity index (χ2n) is 6.39. The standard InChI is InChI=1S/C16H29N3S/c1-6-13-8-7-9-19(13)16-18-15(11(2)3)14(20-16)10-17-12(4)5/h11-13,17H,6-10H2,1-5H3. The molecule has 114 valence electrons. The van der Waals surface area contributed by atoms with Gasteiger partial charge in [0.25, 0.3) is 0 Å². The molecule has 1 N–H and O–H groups in total. The minimum atomic E-state index is 0.506. The number of aromatic nitrogens is 1. The smallest absolute Gasteiger partial charge is 0.186 e. The lowest BCUT2D eigenvalue weighted by molar-refractivity contribution is 0.588. The van der Waals surface area contributed by atoms with Crippen LogP contribution >= 0.6 is 11.3 Å². The molecular formula is C16H29N3S. The fourth-order valence-electron chi connectivity index (χ4n) is 2.86. The van der Waals surface area contributed by atoms with Crippen molar-refractivity contribution >= 4 is 16.5 Å². The minimum Gasteiger partial charge on any atom is -0.345 e. The summed E-state index contributed by atoms with van der Waals surface area (Å²) in [5.41, 5.74) is 1.29. The summed E-state index contributed by atoms with van der Waals surface area (Å²) >= 11 is 1.90. The highest BCUT2D eigenvalue weighted by Gasteiger charge is 2.27. The van der Waals surface area contributed by atoms with E-state index in [1.165, 1.54) is 41.5 Å². The molecule has 4 heteroatoms. The number of thiazole rings is 1. The molecule has 0 bridgehead atoms. The van der Waals surface area contributed by atoms with Crippen LogP contribution in [0, 0.1) is 0 Å². The van der Waals surface area contributed by atoms with Crippen molar-refractivity contribution in [3.63, 3.8) is 0 Å². The SMILES string of the molecule is CCC1CCCN1c1nc(C(C)C)c(CNC(C)C)s1. The molecule has 0 saturated carbocycles. The van der Waals surface area contributed by atoms with Gasteiger partial charge >= 0.3 is 0 Å². The van der Waals surface area contributed by atoms with Crippen LogP contribution in [0.25, 0.3) is 0 Å². The molecule has 1 aliphatic rings. The van der Waals surface area contributed by atoms with Crippen molar-refractivity contribution in [3.8, 4) is 0 Å². The van der Waals surface area contributed by atoms with Gasteiger partial charge in [0.15, 0.2) is 5.13 Å². The topological polar surface area (TPSA) is 28.2 Å². The Bertz CT molecular complexity index is 425. The predicted octanol–water partition coefficient (Wildman–Crippen LogP) is 4.14. The van der Waals surface area contributed by atoms with Gasteiger partial charge in [-0.15, -0.1) is 11.3 Å². The number of hydrogen-bond acceptors (Lipinski definition) is 4. The molecule has 1 aromatic heterocycles. The van der Waals surface area contributed by atoms with Crippen molar-refractivity contribution in [3.05, 3.63) is 10.6 Å². The van der Waals surface area contributed by atoms with Crippen molar-refractivity contribution in [2.75, 3.05) is 11.4 Å². The number of hydrogen-bond donors (Lipinski definition) is 1. The average molecular weight is 295 g/mol. The summed E-state index contributed by atoms with van der Waals surface area (Å²) in [5.74, 6) is 0.506. The molecule has 2 heterocycles. The first-order chi connectivity index (χ1) is 9.52. The lowest BCUT2D eigenvalue weighted by Gasteiger charge is -2.22. The Kier molecular flexibility index (Phi) is 5.44. The highest BCUT2D eigenvalue weighted by atomic mass is 32.1. The zero-order chi connectivity index (χ0) is 14.7. The summed E-state index contributed by atoms with van der Waals surface area (Å²) in [6.45, 7) is 13.3. The maximum Gasteiger partial charge on any atom is 0.186 e. The van der Waals surface area contributed by atoms with E-state index in [2.05, 4.69) is 44.8 Å². The summed E-state index contributed by atoms with van der Waals surface area (Å²) in [5, 5.41) is 4.79. The Hall–Kier alpha value is -0.610. The first-order valence-corrected chi connectivity index (χ1v) is 8.84.